The van der Waals surface area contributed by atoms with Gasteiger partial charge in [0.25, 0.3) is 0 Å². The van der Waals surface area contributed by atoms with Crippen LogP contribution in [-0.4, -0.2) is 14.8 Å². The predicted octanol–water partition coefficient (Wildman–Crippen LogP) is 3.30. The highest BCUT2D eigenvalue weighted by Gasteiger charge is 2.10. The van der Waals surface area contributed by atoms with Gasteiger partial charge in [0.05, 0.1) is 5.69 Å². The van der Waals surface area contributed by atoms with Crippen molar-refractivity contribution in [1.29, 1.82) is 0 Å². The zero-order valence-electron chi connectivity index (χ0n) is 8.33. The molecular formula is C10H9BrClN3. The summed E-state index contributed by atoms with van der Waals surface area (Å²) in [4.78, 5) is 0. The Morgan fingerprint density at radius 2 is 2.00 bits per heavy atom. The molecule has 1 heterocycles. The summed E-state index contributed by atoms with van der Waals surface area (Å²) in [6, 6.07) is 6.01. The second-order valence-electron chi connectivity index (χ2n) is 3.28. The van der Waals surface area contributed by atoms with E-state index in [2.05, 4.69) is 26.1 Å². The van der Waals surface area contributed by atoms with Crippen LogP contribution in [0, 0.1) is 13.8 Å². The largest absolute Gasteiger partial charge is 0.270 e. The Bertz CT molecular complexity index is 488. The Labute approximate surface area is 101 Å². The average Bonchev–Trinajstić information content (AvgIpc) is 2.51. The van der Waals surface area contributed by atoms with E-state index in [4.69, 9.17) is 11.6 Å². The number of halogens is 2. The van der Waals surface area contributed by atoms with Crippen LogP contribution in [0.4, 0.5) is 0 Å². The van der Waals surface area contributed by atoms with Crippen molar-refractivity contribution in [2.24, 2.45) is 0 Å². The van der Waals surface area contributed by atoms with Crippen molar-refractivity contribution in [3.05, 3.63) is 39.3 Å². The van der Waals surface area contributed by atoms with Gasteiger partial charge in [-0.25, -0.2) is 0 Å². The van der Waals surface area contributed by atoms with Crippen LogP contribution in [0.2, 0.25) is 5.28 Å². The van der Waals surface area contributed by atoms with E-state index >= 15 is 0 Å². The van der Waals surface area contributed by atoms with Gasteiger partial charge in [-0.3, -0.25) is 4.57 Å². The quantitative estimate of drug-likeness (QED) is 0.805. The van der Waals surface area contributed by atoms with Crippen molar-refractivity contribution in [1.82, 2.24) is 14.8 Å². The van der Waals surface area contributed by atoms with Gasteiger partial charge in [0.1, 0.15) is 5.82 Å². The number of nitrogens with zero attached hydrogens (tertiary/aromatic N) is 3. The van der Waals surface area contributed by atoms with Crippen molar-refractivity contribution in [3.8, 4) is 5.69 Å². The molecule has 0 aliphatic carbocycles. The van der Waals surface area contributed by atoms with Crippen molar-refractivity contribution in [3.63, 3.8) is 0 Å². The molecule has 0 aliphatic heterocycles. The summed E-state index contributed by atoms with van der Waals surface area (Å²) < 4.78 is 2.83. The highest BCUT2D eigenvalue weighted by atomic mass is 79.9. The molecule has 15 heavy (non-hydrogen) atoms. The third-order valence-electron chi connectivity index (χ3n) is 2.20. The van der Waals surface area contributed by atoms with Gasteiger partial charge in [-0.15, -0.1) is 10.2 Å². The van der Waals surface area contributed by atoms with Gasteiger partial charge in [0.2, 0.25) is 5.28 Å². The lowest BCUT2D eigenvalue weighted by Gasteiger charge is -2.09. The molecule has 0 aliphatic rings. The molecule has 0 spiro atoms. The number of benzene rings is 1. The number of rotatable bonds is 1. The summed E-state index contributed by atoms with van der Waals surface area (Å²) in [5.74, 6) is 0.779. The standard InChI is InChI=1S/C10H9BrClN3/c1-6-3-4-8(11)5-9(6)15-7(2)13-14-10(15)12/h3-5H,1-2H3. The van der Waals surface area contributed by atoms with Gasteiger partial charge in [0, 0.05) is 4.47 Å². The summed E-state index contributed by atoms with van der Waals surface area (Å²) in [7, 11) is 0. The maximum absolute atomic E-state index is 5.98. The fourth-order valence-corrected chi connectivity index (χ4v) is 2.03. The van der Waals surface area contributed by atoms with Gasteiger partial charge >= 0.3 is 0 Å². The molecule has 0 amide bonds. The summed E-state index contributed by atoms with van der Waals surface area (Å²) in [5, 5.41) is 8.14. The van der Waals surface area contributed by atoms with E-state index in [0.717, 1.165) is 21.5 Å². The SMILES string of the molecule is Cc1ccc(Br)cc1-n1c(C)nnc1Cl. The van der Waals surface area contributed by atoms with Crippen LogP contribution in [0.25, 0.3) is 5.69 Å². The monoisotopic (exact) mass is 285 g/mol. The van der Waals surface area contributed by atoms with Gasteiger partial charge in [0.15, 0.2) is 0 Å². The maximum atomic E-state index is 5.98. The predicted molar refractivity (Wildman–Crippen MR) is 63.5 cm³/mol. The maximum Gasteiger partial charge on any atom is 0.229 e. The molecular weight excluding hydrogens is 277 g/mol. The second kappa shape index (κ2) is 3.94. The summed E-state index contributed by atoms with van der Waals surface area (Å²) in [6.45, 7) is 3.90. The lowest BCUT2D eigenvalue weighted by molar-refractivity contribution is 0.960. The second-order valence-corrected chi connectivity index (χ2v) is 4.54. The van der Waals surface area contributed by atoms with Gasteiger partial charge < -0.3 is 0 Å². The number of hydrogen-bond donors (Lipinski definition) is 0. The minimum atomic E-state index is 0.383. The molecule has 1 aromatic heterocycles. The van der Waals surface area contributed by atoms with Crippen molar-refractivity contribution in [2.45, 2.75) is 13.8 Å². The summed E-state index contributed by atoms with van der Waals surface area (Å²) in [5.41, 5.74) is 2.12. The van der Waals surface area contributed by atoms with Gasteiger partial charge in [-0.1, -0.05) is 22.0 Å². The smallest absolute Gasteiger partial charge is 0.229 e. The van der Waals surface area contributed by atoms with Crippen LogP contribution >= 0.6 is 27.5 Å². The molecule has 0 fully saturated rings. The lowest BCUT2D eigenvalue weighted by Crippen LogP contribution is -1.99. The van der Waals surface area contributed by atoms with Gasteiger partial charge in [-0.2, -0.15) is 0 Å². The fourth-order valence-electron chi connectivity index (χ4n) is 1.43. The Hall–Kier alpha value is -0.870. The molecule has 0 N–H and O–H groups in total. The van der Waals surface area contributed by atoms with Crippen LogP contribution in [-0.2, 0) is 0 Å². The minimum Gasteiger partial charge on any atom is -0.270 e. The third kappa shape index (κ3) is 1.92. The van der Waals surface area contributed by atoms with E-state index in [0.29, 0.717) is 5.28 Å². The summed E-state index contributed by atoms with van der Waals surface area (Å²) in [6.07, 6.45) is 0. The first-order valence-electron chi connectivity index (χ1n) is 4.43. The molecule has 0 radical (unpaired) electrons. The molecule has 5 heteroatoms. The molecule has 0 saturated heterocycles. The zero-order chi connectivity index (χ0) is 11.0. The normalized spacial score (nSPS) is 10.7. The van der Waals surface area contributed by atoms with E-state index in [-0.39, 0.29) is 0 Å². The topological polar surface area (TPSA) is 30.7 Å². The van der Waals surface area contributed by atoms with Crippen LogP contribution in [0.5, 0.6) is 0 Å². The number of aromatic nitrogens is 3. The Balaban J connectivity index is 2.68. The molecule has 0 atom stereocenters. The van der Waals surface area contributed by atoms with Crippen LogP contribution in [0.1, 0.15) is 11.4 Å². The molecule has 78 valence electrons. The molecule has 2 aromatic rings. The van der Waals surface area contributed by atoms with E-state index in [1.54, 1.807) is 0 Å². The van der Waals surface area contributed by atoms with Crippen molar-refractivity contribution < 1.29 is 0 Å². The van der Waals surface area contributed by atoms with E-state index < -0.39 is 0 Å². The zero-order valence-corrected chi connectivity index (χ0v) is 10.7. The first-order chi connectivity index (χ1) is 7.09. The number of hydrogen-bond acceptors (Lipinski definition) is 2. The number of aryl methyl sites for hydroxylation is 2. The highest BCUT2D eigenvalue weighted by Crippen LogP contribution is 2.23. The fraction of sp³-hybridized carbons (Fsp3) is 0.200. The van der Waals surface area contributed by atoms with Crippen molar-refractivity contribution in [2.75, 3.05) is 0 Å². The first-order valence-corrected chi connectivity index (χ1v) is 5.60. The summed E-state index contributed by atoms with van der Waals surface area (Å²) >= 11 is 9.41. The van der Waals surface area contributed by atoms with E-state index in [9.17, 15) is 0 Å². The van der Waals surface area contributed by atoms with Crippen molar-refractivity contribution >= 4 is 27.5 Å². The minimum absolute atomic E-state index is 0.383. The molecule has 0 bridgehead atoms. The average molecular weight is 287 g/mol. The molecule has 3 nitrogen and oxygen atoms in total. The Morgan fingerprint density at radius 3 is 2.60 bits per heavy atom. The lowest BCUT2D eigenvalue weighted by atomic mass is 10.2. The first kappa shape index (κ1) is 10.6. The molecule has 2 rings (SSSR count). The Kier molecular flexibility index (Phi) is 2.80. The molecule has 0 unspecified atom stereocenters. The third-order valence-corrected chi connectivity index (χ3v) is 2.94. The van der Waals surface area contributed by atoms with Crippen LogP contribution in [0.3, 0.4) is 0 Å². The molecule has 0 saturated carbocycles. The van der Waals surface area contributed by atoms with Gasteiger partial charge in [-0.05, 0) is 43.1 Å². The van der Waals surface area contributed by atoms with E-state index in [1.807, 2.05) is 36.6 Å². The van der Waals surface area contributed by atoms with E-state index in [1.165, 1.54) is 0 Å². The molecule has 1 aromatic carbocycles. The van der Waals surface area contributed by atoms with Crippen LogP contribution in [0.15, 0.2) is 22.7 Å². The van der Waals surface area contributed by atoms with Crippen LogP contribution < -0.4 is 0 Å². The Morgan fingerprint density at radius 1 is 1.27 bits per heavy atom. The highest BCUT2D eigenvalue weighted by molar-refractivity contribution is 9.10.